The maximum atomic E-state index is 11.6. The summed E-state index contributed by atoms with van der Waals surface area (Å²) in [6, 6.07) is 13.4. The minimum absolute atomic E-state index is 0.363. The first-order valence-corrected chi connectivity index (χ1v) is 8.81. The molecule has 5 nitrogen and oxygen atoms in total. The number of nitrogens with one attached hydrogen (secondary N) is 1. The van der Waals surface area contributed by atoms with Crippen molar-refractivity contribution in [3.05, 3.63) is 71.3 Å². The van der Waals surface area contributed by atoms with Gasteiger partial charge in [0.1, 0.15) is 5.75 Å². The zero-order valence-electron chi connectivity index (χ0n) is 15.6. The van der Waals surface area contributed by atoms with Gasteiger partial charge in [-0.1, -0.05) is 18.7 Å². The van der Waals surface area contributed by atoms with E-state index in [4.69, 9.17) is 14.3 Å². The number of fused-ring (bicyclic) bond motifs is 1. The molecule has 1 N–H and O–H groups in total. The van der Waals surface area contributed by atoms with E-state index in [2.05, 4.69) is 24.2 Å². The number of esters is 1. The lowest BCUT2D eigenvalue weighted by Crippen LogP contribution is -2.20. The maximum Gasteiger partial charge on any atom is 0.338 e. The Balaban J connectivity index is 1.71. The smallest absolute Gasteiger partial charge is 0.338 e. The van der Waals surface area contributed by atoms with E-state index in [1.807, 2.05) is 24.3 Å². The molecule has 0 amide bonds. The summed E-state index contributed by atoms with van der Waals surface area (Å²) < 4.78 is 10.3. The molecule has 2 aromatic carbocycles. The van der Waals surface area contributed by atoms with Crippen molar-refractivity contribution in [3.8, 4) is 11.5 Å². The molecule has 0 unspecified atom stereocenters. The van der Waals surface area contributed by atoms with Crippen LogP contribution in [0.2, 0.25) is 0 Å². The molecular formula is C22H23NO4. The Hall–Kier alpha value is -3.05. The van der Waals surface area contributed by atoms with Gasteiger partial charge < -0.3 is 14.3 Å². The van der Waals surface area contributed by atoms with Crippen LogP contribution < -0.4 is 15.1 Å². The van der Waals surface area contributed by atoms with Crippen molar-refractivity contribution < 1.29 is 19.1 Å². The molecule has 140 valence electrons. The summed E-state index contributed by atoms with van der Waals surface area (Å²) >= 11 is 0. The molecular weight excluding hydrogens is 342 g/mol. The van der Waals surface area contributed by atoms with Gasteiger partial charge in [0.05, 0.1) is 5.70 Å². The zero-order chi connectivity index (χ0) is 19.2. The third-order valence-electron chi connectivity index (χ3n) is 4.19. The lowest BCUT2D eigenvalue weighted by molar-refractivity contribution is -0.130. The van der Waals surface area contributed by atoms with Gasteiger partial charge in [0.25, 0.3) is 0 Å². The fourth-order valence-corrected chi connectivity index (χ4v) is 2.70. The lowest BCUT2D eigenvalue weighted by atomic mass is 10.0. The zero-order valence-corrected chi connectivity index (χ0v) is 15.6. The molecule has 3 rings (SSSR count). The Morgan fingerprint density at radius 2 is 1.96 bits per heavy atom. The van der Waals surface area contributed by atoms with Gasteiger partial charge in [-0.15, -0.1) is 0 Å². The SMILES string of the molecule is C=C(C)C(=O)Oc1ccc(C2=Cc3ccc(CCCOC)cc3ON2)cc1. The molecule has 1 aliphatic heterocycles. The number of methoxy groups -OCH3 is 1. The van der Waals surface area contributed by atoms with Crippen molar-refractivity contribution in [2.45, 2.75) is 19.8 Å². The Labute approximate surface area is 159 Å². The van der Waals surface area contributed by atoms with Crippen LogP contribution in [0.1, 0.15) is 30.0 Å². The largest absolute Gasteiger partial charge is 0.423 e. The van der Waals surface area contributed by atoms with Gasteiger partial charge in [-0.3, -0.25) is 0 Å². The van der Waals surface area contributed by atoms with Gasteiger partial charge in [-0.05, 0) is 61.7 Å². The summed E-state index contributed by atoms with van der Waals surface area (Å²) in [6.45, 7) is 5.94. The van der Waals surface area contributed by atoms with Gasteiger partial charge in [0.15, 0.2) is 5.75 Å². The number of hydroxylamine groups is 1. The third kappa shape index (κ3) is 4.77. The Morgan fingerprint density at radius 1 is 1.19 bits per heavy atom. The number of benzene rings is 2. The normalized spacial score (nSPS) is 12.3. The summed E-state index contributed by atoms with van der Waals surface area (Å²) in [5.41, 5.74) is 7.34. The number of aryl methyl sites for hydroxylation is 1. The molecule has 0 radical (unpaired) electrons. The summed E-state index contributed by atoms with van der Waals surface area (Å²) in [5.74, 6) is 0.849. The summed E-state index contributed by atoms with van der Waals surface area (Å²) in [5, 5.41) is 0. The van der Waals surface area contributed by atoms with Crippen LogP contribution >= 0.6 is 0 Å². The summed E-state index contributed by atoms with van der Waals surface area (Å²) in [6.07, 6.45) is 3.96. The molecule has 0 aliphatic carbocycles. The number of ether oxygens (including phenoxy) is 2. The van der Waals surface area contributed by atoms with Crippen molar-refractivity contribution in [3.63, 3.8) is 0 Å². The van der Waals surface area contributed by atoms with Crippen LogP contribution in [0.25, 0.3) is 11.8 Å². The summed E-state index contributed by atoms with van der Waals surface area (Å²) in [7, 11) is 1.71. The maximum absolute atomic E-state index is 11.6. The van der Waals surface area contributed by atoms with E-state index in [9.17, 15) is 4.79 Å². The van der Waals surface area contributed by atoms with Crippen LogP contribution in [0, 0.1) is 0 Å². The van der Waals surface area contributed by atoms with E-state index >= 15 is 0 Å². The van der Waals surface area contributed by atoms with Crippen molar-refractivity contribution in [2.24, 2.45) is 0 Å². The van der Waals surface area contributed by atoms with Crippen LogP contribution in [-0.2, 0) is 16.0 Å². The molecule has 5 heteroatoms. The molecule has 1 aliphatic rings. The minimum atomic E-state index is -0.434. The monoisotopic (exact) mass is 365 g/mol. The quantitative estimate of drug-likeness (QED) is 0.346. The van der Waals surface area contributed by atoms with E-state index in [0.717, 1.165) is 42.0 Å². The van der Waals surface area contributed by atoms with Crippen LogP contribution in [0.3, 0.4) is 0 Å². The first-order chi connectivity index (χ1) is 13.1. The van der Waals surface area contributed by atoms with Crippen LogP contribution in [0.15, 0.2) is 54.6 Å². The second-order valence-corrected chi connectivity index (χ2v) is 6.42. The Kier molecular flexibility index (Phi) is 5.94. The number of hydrogen-bond donors (Lipinski definition) is 1. The first kappa shape index (κ1) is 18.7. The van der Waals surface area contributed by atoms with E-state index in [-0.39, 0.29) is 0 Å². The van der Waals surface area contributed by atoms with Crippen LogP contribution in [0.4, 0.5) is 0 Å². The van der Waals surface area contributed by atoms with Gasteiger partial charge in [0, 0.05) is 30.4 Å². The number of carbonyl (C=O) groups is 1. The van der Waals surface area contributed by atoms with E-state index in [0.29, 0.717) is 11.3 Å². The fraction of sp³-hybridized carbons (Fsp3) is 0.227. The van der Waals surface area contributed by atoms with Gasteiger partial charge in [-0.2, -0.15) is 0 Å². The molecule has 1 heterocycles. The van der Waals surface area contributed by atoms with Gasteiger partial charge in [0.2, 0.25) is 0 Å². The standard InChI is InChI=1S/C22H23NO4/c1-15(2)22(24)26-19-10-8-17(9-11-19)20-14-18-7-6-16(5-4-12-25-3)13-21(18)27-23-20/h6-11,13-14,23H,1,4-5,12H2,2-3H3. The summed E-state index contributed by atoms with van der Waals surface area (Å²) in [4.78, 5) is 17.3. The Morgan fingerprint density at radius 3 is 2.67 bits per heavy atom. The third-order valence-corrected chi connectivity index (χ3v) is 4.19. The van der Waals surface area contributed by atoms with Crippen LogP contribution in [-0.4, -0.2) is 19.7 Å². The van der Waals surface area contributed by atoms with Crippen molar-refractivity contribution in [1.29, 1.82) is 0 Å². The number of rotatable bonds is 7. The average molecular weight is 365 g/mol. The fourth-order valence-electron chi connectivity index (χ4n) is 2.70. The second-order valence-electron chi connectivity index (χ2n) is 6.42. The topological polar surface area (TPSA) is 56.8 Å². The highest BCUT2D eigenvalue weighted by atomic mass is 16.6. The van der Waals surface area contributed by atoms with Gasteiger partial charge in [-0.25, -0.2) is 10.3 Å². The minimum Gasteiger partial charge on any atom is -0.423 e. The molecule has 0 saturated carbocycles. The molecule has 0 aromatic heterocycles. The van der Waals surface area contributed by atoms with Crippen molar-refractivity contribution in [1.82, 2.24) is 5.48 Å². The highest BCUT2D eigenvalue weighted by Gasteiger charge is 2.14. The molecule has 2 aromatic rings. The highest BCUT2D eigenvalue weighted by molar-refractivity contribution is 5.89. The van der Waals surface area contributed by atoms with Gasteiger partial charge >= 0.3 is 5.97 Å². The van der Waals surface area contributed by atoms with E-state index < -0.39 is 5.97 Å². The van der Waals surface area contributed by atoms with E-state index in [1.54, 1.807) is 26.2 Å². The number of hydrogen-bond acceptors (Lipinski definition) is 5. The van der Waals surface area contributed by atoms with Crippen molar-refractivity contribution >= 4 is 17.7 Å². The number of carbonyl (C=O) groups excluding carboxylic acids is 1. The molecule has 0 fully saturated rings. The van der Waals surface area contributed by atoms with E-state index in [1.165, 1.54) is 5.56 Å². The molecule has 0 saturated heterocycles. The molecule has 0 atom stereocenters. The molecule has 27 heavy (non-hydrogen) atoms. The first-order valence-electron chi connectivity index (χ1n) is 8.81. The lowest BCUT2D eigenvalue weighted by Gasteiger charge is -2.20. The molecule has 0 bridgehead atoms. The predicted octanol–water partition coefficient (Wildman–Crippen LogP) is 4.14. The molecule has 0 spiro atoms. The highest BCUT2D eigenvalue weighted by Crippen LogP contribution is 2.30. The van der Waals surface area contributed by atoms with Crippen molar-refractivity contribution in [2.75, 3.05) is 13.7 Å². The average Bonchev–Trinajstić information content (AvgIpc) is 2.68. The second kappa shape index (κ2) is 8.56. The van der Waals surface area contributed by atoms with Crippen LogP contribution in [0.5, 0.6) is 11.5 Å². The predicted molar refractivity (Wildman–Crippen MR) is 105 cm³/mol. The Bertz CT molecular complexity index is 868.